The molecule has 0 aliphatic carbocycles. The predicted octanol–water partition coefficient (Wildman–Crippen LogP) is 4.21. The molecule has 9 heteroatoms. The quantitative estimate of drug-likeness (QED) is 0.647. The highest BCUT2D eigenvalue weighted by molar-refractivity contribution is 5.98. The molecular formula is C28H36FN3O5. The van der Waals surface area contributed by atoms with E-state index in [2.05, 4.69) is 5.32 Å². The second-order valence-electron chi connectivity index (χ2n) is 9.54. The third-order valence-electron chi connectivity index (χ3n) is 6.57. The summed E-state index contributed by atoms with van der Waals surface area (Å²) in [6.07, 6.45) is 0.716. The van der Waals surface area contributed by atoms with Gasteiger partial charge >= 0.3 is 0 Å². The van der Waals surface area contributed by atoms with Crippen LogP contribution in [0.4, 0.5) is 10.1 Å². The van der Waals surface area contributed by atoms with E-state index in [1.807, 2.05) is 20.8 Å². The van der Waals surface area contributed by atoms with Crippen LogP contribution in [0.5, 0.6) is 5.75 Å². The van der Waals surface area contributed by atoms with Crippen LogP contribution in [0.2, 0.25) is 0 Å². The van der Waals surface area contributed by atoms with Crippen LogP contribution in [-0.2, 0) is 9.53 Å². The second kappa shape index (κ2) is 12.7. The van der Waals surface area contributed by atoms with E-state index in [1.54, 1.807) is 54.3 Å². The number of ether oxygens (including phenoxy) is 2. The smallest absolute Gasteiger partial charge is 0.257 e. The number of carbonyl (C=O) groups is 3. The van der Waals surface area contributed by atoms with Crippen LogP contribution in [-0.4, -0.2) is 73.5 Å². The van der Waals surface area contributed by atoms with Crippen molar-refractivity contribution >= 4 is 23.4 Å². The summed E-state index contributed by atoms with van der Waals surface area (Å²) in [6, 6.07) is 10.3. The van der Waals surface area contributed by atoms with Crippen molar-refractivity contribution in [3.05, 3.63) is 59.4 Å². The van der Waals surface area contributed by atoms with Gasteiger partial charge in [-0.3, -0.25) is 14.4 Å². The number of amides is 3. The fourth-order valence-corrected chi connectivity index (χ4v) is 4.37. The Kier molecular flexibility index (Phi) is 9.63. The van der Waals surface area contributed by atoms with E-state index in [-0.39, 0.29) is 49.1 Å². The molecule has 0 saturated carbocycles. The molecule has 0 spiro atoms. The number of fused-ring (bicyclic) bond motifs is 1. The second-order valence-corrected chi connectivity index (χ2v) is 9.54. The average molecular weight is 514 g/mol. The molecule has 0 fully saturated rings. The molecule has 200 valence electrons. The van der Waals surface area contributed by atoms with E-state index in [0.29, 0.717) is 29.8 Å². The van der Waals surface area contributed by atoms with Gasteiger partial charge in [-0.1, -0.05) is 26.0 Å². The van der Waals surface area contributed by atoms with Crippen molar-refractivity contribution in [2.45, 2.75) is 45.8 Å². The lowest BCUT2D eigenvalue weighted by Gasteiger charge is -2.36. The minimum Gasteiger partial charge on any atom is -0.491 e. The molecule has 0 unspecified atom stereocenters. The van der Waals surface area contributed by atoms with Gasteiger partial charge in [0.1, 0.15) is 18.2 Å². The molecule has 2 aromatic rings. The molecule has 1 aliphatic heterocycles. The van der Waals surface area contributed by atoms with Gasteiger partial charge in [-0.25, -0.2) is 4.39 Å². The van der Waals surface area contributed by atoms with E-state index in [1.165, 1.54) is 12.1 Å². The Morgan fingerprint density at radius 1 is 1.16 bits per heavy atom. The molecule has 0 radical (unpaired) electrons. The maximum absolute atomic E-state index is 14.5. The summed E-state index contributed by atoms with van der Waals surface area (Å²) in [5, 5.41) is 2.82. The topological polar surface area (TPSA) is 88.2 Å². The first-order valence-electron chi connectivity index (χ1n) is 12.6. The van der Waals surface area contributed by atoms with Gasteiger partial charge in [0.15, 0.2) is 0 Å². The van der Waals surface area contributed by atoms with Crippen molar-refractivity contribution in [3.63, 3.8) is 0 Å². The Bertz CT molecular complexity index is 1120. The highest BCUT2D eigenvalue weighted by atomic mass is 19.1. The molecule has 1 aliphatic rings. The van der Waals surface area contributed by atoms with Gasteiger partial charge in [0, 0.05) is 51.3 Å². The van der Waals surface area contributed by atoms with Crippen molar-refractivity contribution in [2.24, 2.45) is 5.92 Å². The number of nitrogens with zero attached hydrogens (tertiary/aromatic N) is 2. The van der Waals surface area contributed by atoms with E-state index >= 15 is 0 Å². The molecule has 1 heterocycles. The first-order chi connectivity index (χ1) is 17.7. The number of hydrogen-bond donors (Lipinski definition) is 1. The lowest BCUT2D eigenvalue weighted by atomic mass is 10.0. The summed E-state index contributed by atoms with van der Waals surface area (Å²) in [4.78, 5) is 42.1. The van der Waals surface area contributed by atoms with Crippen molar-refractivity contribution < 1.29 is 28.2 Å². The van der Waals surface area contributed by atoms with Gasteiger partial charge in [0.25, 0.3) is 11.8 Å². The Morgan fingerprint density at radius 3 is 2.57 bits per heavy atom. The summed E-state index contributed by atoms with van der Waals surface area (Å²) < 4.78 is 26.3. The third-order valence-corrected chi connectivity index (χ3v) is 6.57. The van der Waals surface area contributed by atoms with Crippen LogP contribution in [0.3, 0.4) is 0 Å². The molecule has 1 N–H and O–H groups in total. The fraction of sp³-hybridized carbons (Fsp3) is 0.464. The zero-order valence-electron chi connectivity index (χ0n) is 22.1. The van der Waals surface area contributed by atoms with E-state index in [0.717, 1.165) is 0 Å². The summed E-state index contributed by atoms with van der Waals surface area (Å²) in [6.45, 7) is 6.28. The average Bonchev–Trinajstić information content (AvgIpc) is 2.87. The van der Waals surface area contributed by atoms with Crippen LogP contribution >= 0.6 is 0 Å². The number of halogens is 1. The summed E-state index contributed by atoms with van der Waals surface area (Å²) in [5.41, 5.74) is 0.824. The SMILES string of the molecule is CCCC(=O)Nc1ccc2c(c1)OC[C@@H](C)N(C(=O)c1ccccc1F)C[C@H](C)[C@@H](OC)CN(C)C2=O. The number of likely N-dealkylation sites (N-methyl/N-ethyl adjacent to an activating group) is 1. The van der Waals surface area contributed by atoms with Crippen LogP contribution in [0, 0.1) is 11.7 Å². The van der Waals surface area contributed by atoms with Crippen molar-refractivity contribution in [1.29, 1.82) is 0 Å². The molecule has 3 atom stereocenters. The minimum atomic E-state index is -0.592. The first kappa shape index (κ1) is 28.1. The number of hydrogen-bond acceptors (Lipinski definition) is 5. The molecule has 37 heavy (non-hydrogen) atoms. The molecule has 0 aromatic heterocycles. The zero-order chi connectivity index (χ0) is 27.1. The maximum atomic E-state index is 14.5. The minimum absolute atomic E-state index is 0.0174. The van der Waals surface area contributed by atoms with Gasteiger partial charge in [0.2, 0.25) is 5.91 Å². The summed E-state index contributed by atoms with van der Waals surface area (Å²) >= 11 is 0. The van der Waals surface area contributed by atoms with Gasteiger partial charge in [0.05, 0.1) is 23.3 Å². The molecular weight excluding hydrogens is 477 g/mol. The summed E-state index contributed by atoms with van der Waals surface area (Å²) in [7, 11) is 3.25. The molecule has 3 rings (SSSR count). The van der Waals surface area contributed by atoms with E-state index in [9.17, 15) is 18.8 Å². The predicted molar refractivity (Wildman–Crippen MR) is 139 cm³/mol. The maximum Gasteiger partial charge on any atom is 0.257 e. The van der Waals surface area contributed by atoms with E-state index < -0.39 is 17.8 Å². The molecule has 2 aromatic carbocycles. The number of anilines is 1. The Hall–Kier alpha value is -3.46. The number of benzene rings is 2. The lowest BCUT2D eigenvalue weighted by molar-refractivity contribution is -0.116. The fourth-order valence-electron chi connectivity index (χ4n) is 4.37. The summed E-state index contributed by atoms with van der Waals surface area (Å²) in [5.74, 6) is -1.29. The lowest BCUT2D eigenvalue weighted by Crippen LogP contribution is -2.48. The highest BCUT2D eigenvalue weighted by Crippen LogP contribution is 2.27. The van der Waals surface area contributed by atoms with Crippen LogP contribution < -0.4 is 10.1 Å². The monoisotopic (exact) mass is 513 g/mol. The number of carbonyl (C=O) groups excluding carboxylic acids is 3. The molecule has 8 nitrogen and oxygen atoms in total. The number of methoxy groups -OCH3 is 1. The molecule has 0 bridgehead atoms. The first-order valence-corrected chi connectivity index (χ1v) is 12.6. The van der Waals surface area contributed by atoms with Crippen LogP contribution in [0.25, 0.3) is 0 Å². The third kappa shape index (κ3) is 6.85. The highest BCUT2D eigenvalue weighted by Gasteiger charge is 2.31. The Balaban J connectivity index is 1.99. The van der Waals surface area contributed by atoms with Crippen LogP contribution in [0.15, 0.2) is 42.5 Å². The van der Waals surface area contributed by atoms with Gasteiger partial charge < -0.3 is 24.6 Å². The largest absolute Gasteiger partial charge is 0.491 e. The van der Waals surface area contributed by atoms with E-state index in [4.69, 9.17) is 9.47 Å². The van der Waals surface area contributed by atoms with Crippen molar-refractivity contribution in [2.75, 3.05) is 39.2 Å². The molecule has 3 amide bonds. The standard InChI is InChI=1S/C28H36FN3O5/c1-6-9-26(33)30-20-12-13-22-24(14-20)37-17-19(3)32(28(35)21-10-7-8-11-23(21)29)15-18(2)25(36-5)16-31(4)27(22)34/h7-8,10-14,18-19,25H,6,9,15-17H2,1-5H3,(H,30,33)/t18-,19+,25-/m0/s1. The number of rotatable bonds is 5. The van der Waals surface area contributed by atoms with Gasteiger partial charge in [-0.05, 0) is 37.6 Å². The number of nitrogens with one attached hydrogen (secondary N) is 1. The Labute approximate surface area is 217 Å². The molecule has 0 saturated heterocycles. The van der Waals surface area contributed by atoms with Crippen molar-refractivity contribution in [1.82, 2.24) is 9.80 Å². The van der Waals surface area contributed by atoms with Crippen LogP contribution in [0.1, 0.15) is 54.3 Å². The normalized spacial score (nSPS) is 20.8. The Morgan fingerprint density at radius 2 is 1.89 bits per heavy atom. The van der Waals surface area contributed by atoms with Gasteiger partial charge in [-0.15, -0.1) is 0 Å². The van der Waals surface area contributed by atoms with Gasteiger partial charge in [-0.2, -0.15) is 0 Å². The van der Waals surface area contributed by atoms with Crippen molar-refractivity contribution in [3.8, 4) is 5.75 Å². The zero-order valence-corrected chi connectivity index (χ0v) is 22.1.